The van der Waals surface area contributed by atoms with Gasteiger partial charge in [-0.25, -0.2) is 19.6 Å². The number of benzene rings is 2. The van der Waals surface area contributed by atoms with Crippen molar-refractivity contribution in [2.24, 2.45) is 23.4 Å². The Kier molecular flexibility index (Phi) is 21.8. The van der Waals surface area contributed by atoms with Crippen LogP contribution in [0.2, 0.25) is 0 Å². The van der Waals surface area contributed by atoms with E-state index in [1.54, 1.807) is 23.6 Å². The fourth-order valence-corrected chi connectivity index (χ4v) is 11.2. The maximum Gasteiger partial charge on any atom is 0.264 e. The second-order valence-corrected chi connectivity index (χ2v) is 21.2. The number of nitrogens with one attached hydrogen (secondary N) is 1. The van der Waals surface area contributed by atoms with Crippen molar-refractivity contribution in [1.29, 1.82) is 0 Å². The smallest absolute Gasteiger partial charge is 0.264 e. The topological polar surface area (TPSA) is 188 Å². The molecule has 9 rings (SSSR count). The van der Waals surface area contributed by atoms with Crippen molar-refractivity contribution in [3.05, 3.63) is 93.0 Å². The molecule has 5 N–H and O–H groups in total. The largest absolute Gasteiger partial charge is 0.401 e. The highest BCUT2D eigenvalue weighted by molar-refractivity contribution is 7.13. The van der Waals surface area contributed by atoms with Gasteiger partial charge in [0.1, 0.15) is 18.6 Å². The van der Waals surface area contributed by atoms with E-state index in [1.807, 2.05) is 33.3 Å². The number of alkyl halides is 2. The quantitative estimate of drug-likeness (QED) is 0.0674. The molecule has 5 aliphatic heterocycles. The summed E-state index contributed by atoms with van der Waals surface area (Å²) in [5, 5.41) is 9.59. The Morgan fingerprint density at radius 3 is 2.24 bits per heavy atom. The number of rotatable bonds is 13. The Morgan fingerprint density at radius 1 is 0.946 bits per heavy atom. The average Bonchev–Trinajstić information content (AvgIpc) is 4.14. The first-order chi connectivity index (χ1) is 35.6. The van der Waals surface area contributed by atoms with E-state index in [2.05, 4.69) is 72.9 Å². The van der Waals surface area contributed by atoms with Gasteiger partial charge in [0, 0.05) is 91.7 Å². The van der Waals surface area contributed by atoms with Crippen molar-refractivity contribution in [2.75, 3.05) is 72.0 Å². The van der Waals surface area contributed by atoms with Gasteiger partial charge in [-0.3, -0.25) is 19.2 Å². The summed E-state index contributed by atoms with van der Waals surface area (Å²) in [6, 6.07) is 11.6. The van der Waals surface area contributed by atoms with E-state index >= 15 is 0 Å². The van der Waals surface area contributed by atoms with Crippen LogP contribution in [0.3, 0.4) is 0 Å². The summed E-state index contributed by atoms with van der Waals surface area (Å²) >= 11 is 1.66. The maximum absolute atomic E-state index is 13.7. The molecule has 0 spiro atoms. The van der Waals surface area contributed by atoms with Gasteiger partial charge in [-0.2, -0.15) is 5.10 Å². The van der Waals surface area contributed by atoms with Gasteiger partial charge < -0.3 is 45.1 Å². The van der Waals surface area contributed by atoms with Crippen molar-refractivity contribution in [2.45, 2.75) is 123 Å². The number of aryl methyl sites for hydroxylation is 2. The molecule has 19 heteroatoms. The molecule has 5 aliphatic rings. The van der Waals surface area contributed by atoms with Crippen LogP contribution in [0.1, 0.15) is 122 Å². The minimum absolute atomic E-state index is 0.0408. The third-order valence-electron chi connectivity index (χ3n) is 14.7. The summed E-state index contributed by atoms with van der Waals surface area (Å²) in [5.41, 5.74) is 16.2. The summed E-state index contributed by atoms with van der Waals surface area (Å²) in [6.45, 7) is 15.1. The normalized spacial score (nSPS) is 19.2. The highest BCUT2D eigenvalue weighted by Gasteiger charge is 2.33. The number of allylic oxidation sites excluding steroid dienone is 1. The monoisotopic (exact) mass is 1040 g/mol. The average molecular weight is 1040 g/mol. The first-order valence-corrected chi connectivity index (χ1v) is 27.0. The van der Waals surface area contributed by atoms with E-state index in [4.69, 9.17) is 26.2 Å². The van der Waals surface area contributed by atoms with Crippen LogP contribution in [0.5, 0.6) is 0 Å². The molecule has 0 radical (unpaired) electrons. The molecular formula is C55H79F2N11O5S. The highest BCUT2D eigenvalue weighted by Crippen LogP contribution is 2.41. The van der Waals surface area contributed by atoms with Gasteiger partial charge >= 0.3 is 0 Å². The van der Waals surface area contributed by atoms with Gasteiger partial charge in [0.25, 0.3) is 6.43 Å². The van der Waals surface area contributed by atoms with Crippen molar-refractivity contribution in [3.8, 4) is 10.4 Å². The SMILES string of the molecule is CC(C)C(C=O)N(N)/C=C(\N)C1CCN(C)CC1.CC=O.CN1CCc2c(c(N3CCCc4cc(C=O)c(C(F)F)cc43)nn2C2CCOCC2)C1.Cc1ncsc1-c1ccc(CNC(=O)C2CCCN2C)cc1. The fraction of sp³-hybridized carbons (Fsp3) is 0.564. The van der Waals surface area contributed by atoms with Crippen molar-refractivity contribution in [3.63, 3.8) is 0 Å². The van der Waals surface area contributed by atoms with Crippen LogP contribution >= 0.6 is 11.3 Å². The number of carbonyl (C=O) groups is 4. The van der Waals surface area contributed by atoms with Crippen molar-refractivity contribution in [1.82, 2.24) is 39.8 Å². The van der Waals surface area contributed by atoms with Gasteiger partial charge in [0.2, 0.25) is 5.91 Å². The van der Waals surface area contributed by atoms with Crippen LogP contribution in [0, 0.1) is 18.8 Å². The molecule has 7 heterocycles. The number of hydrazine groups is 1. The van der Waals surface area contributed by atoms with Gasteiger partial charge in [-0.15, -0.1) is 11.3 Å². The first kappa shape index (κ1) is 57.8. The van der Waals surface area contributed by atoms with Crippen LogP contribution in [0.15, 0.2) is 53.8 Å². The van der Waals surface area contributed by atoms with Gasteiger partial charge in [-0.05, 0) is 141 Å². The molecule has 3 fully saturated rings. The number of carbonyl (C=O) groups excluding carboxylic acids is 4. The van der Waals surface area contributed by atoms with Crippen LogP contribution in [-0.2, 0) is 45.1 Å². The standard InChI is InChI=1S/C23H28F2N4O2.C17H21N3OS.C13H26N4O.C2H4O/c1-27-8-4-20-19(13-27)23(26-29(20)17-5-9-31-10-6-17)28-7-2-3-15-11-16(14-30)18(22(24)25)12-21(15)28;1-12-16(22-11-19-12)14-7-5-13(6-8-14)10-18-17(21)15-4-3-9-20(15)2;1-10(2)13(9-18)17(15)8-12(14)11-4-6-16(3)7-5-11;1-2-3/h11-12,14,17,22H,2-10,13H2,1H3;5-8,11,15H,3-4,9-10H2,1-2H3,(H,18,21);8-11,13H,4-7,14-15H2,1-3H3;2H,1H3/b;;12-8-;. The number of aromatic nitrogens is 3. The number of hydrogen-bond donors (Lipinski definition) is 3. The van der Waals surface area contributed by atoms with Crippen LogP contribution in [0.25, 0.3) is 10.4 Å². The molecule has 16 nitrogen and oxygen atoms in total. The second kappa shape index (κ2) is 27.9. The third kappa shape index (κ3) is 14.9. The number of aldehydes is 3. The zero-order chi connectivity index (χ0) is 53.5. The van der Waals surface area contributed by atoms with E-state index in [9.17, 15) is 23.2 Å². The van der Waals surface area contributed by atoms with Crippen LogP contribution in [-0.4, -0.2) is 138 Å². The Bertz CT molecular complexity index is 2490. The molecular weight excluding hydrogens is 965 g/mol. The number of piperidine rings is 1. The number of hydrogen-bond acceptors (Lipinski definition) is 15. The Morgan fingerprint density at radius 2 is 1.65 bits per heavy atom. The summed E-state index contributed by atoms with van der Waals surface area (Å²) in [5.74, 6) is 7.48. The zero-order valence-corrected chi connectivity index (χ0v) is 45.3. The summed E-state index contributed by atoms with van der Waals surface area (Å²) in [7, 11) is 6.24. The highest BCUT2D eigenvalue weighted by atomic mass is 32.1. The third-order valence-corrected chi connectivity index (χ3v) is 15.7. The van der Waals surface area contributed by atoms with E-state index in [0.717, 1.165) is 157 Å². The van der Waals surface area contributed by atoms with E-state index in [-0.39, 0.29) is 35.0 Å². The molecule has 0 bridgehead atoms. The molecule has 2 atom stereocenters. The molecule has 3 saturated heterocycles. The van der Waals surface area contributed by atoms with E-state index in [0.29, 0.717) is 24.8 Å². The predicted molar refractivity (Wildman–Crippen MR) is 288 cm³/mol. The molecule has 1 amide bonds. The fourth-order valence-electron chi connectivity index (χ4n) is 10.4. The van der Waals surface area contributed by atoms with Gasteiger partial charge in [-0.1, -0.05) is 38.1 Å². The Labute approximate surface area is 440 Å². The maximum atomic E-state index is 13.7. The number of likely N-dealkylation sites (N-methyl/N-ethyl adjacent to an activating group) is 2. The van der Waals surface area contributed by atoms with Crippen molar-refractivity contribution >= 4 is 47.6 Å². The summed E-state index contributed by atoms with van der Waals surface area (Å²) < 4.78 is 35.1. The van der Waals surface area contributed by atoms with E-state index < -0.39 is 6.43 Å². The van der Waals surface area contributed by atoms with Gasteiger partial charge in [0.05, 0.1) is 28.2 Å². The number of anilines is 2. The molecule has 74 heavy (non-hydrogen) atoms. The lowest BCUT2D eigenvalue weighted by Gasteiger charge is -2.32. The van der Waals surface area contributed by atoms with E-state index in [1.165, 1.54) is 39.7 Å². The molecule has 2 aromatic carbocycles. The number of likely N-dealkylation sites (tertiary alicyclic amines) is 2. The second-order valence-electron chi connectivity index (χ2n) is 20.4. The molecule has 2 unspecified atom stereocenters. The molecule has 0 saturated carbocycles. The lowest BCUT2D eigenvalue weighted by molar-refractivity contribution is -0.125. The van der Waals surface area contributed by atoms with Crippen LogP contribution < -0.4 is 21.8 Å². The molecule has 404 valence electrons. The molecule has 4 aromatic rings. The number of nitrogens with zero attached hydrogens (tertiary/aromatic N) is 8. The van der Waals surface area contributed by atoms with Crippen LogP contribution in [0.4, 0.5) is 20.3 Å². The minimum atomic E-state index is -2.69. The zero-order valence-electron chi connectivity index (χ0n) is 44.5. The summed E-state index contributed by atoms with van der Waals surface area (Å²) in [6.07, 6.45) is 9.89. The number of nitrogens with two attached hydrogens (primary N) is 2. The van der Waals surface area contributed by atoms with Gasteiger partial charge in [0.15, 0.2) is 12.1 Å². The lowest BCUT2D eigenvalue weighted by atomic mass is 9.94. The number of halogens is 2. The number of ether oxygens (including phenoxy) is 1. The van der Waals surface area contributed by atoms with Crippen molar-refractivity contribution < 1.29 is 32.7 Å². The summed E-state index contributed by atoms with van der Waals surface area (Å²) in [4.78, 5) is 57.7. The number of fused-ring (bicyclic) bond motifs is 2. The Hall–Kier alpha value is -5.44. The first-order valence-electron chi connectivity index (χ1n) is 26.1. The number of thiazole rings is 1. The molecule has 0 aliphatic carbocycles. The predicted octanol–water partition coefficient (Wildman–Crippen LogP) is 7.62. The lowest BCUT2D eigenvalue weighted by Crippen LogP contribution is -2.42. The Balaban J connectivity index is 0.000000183. The molecule has 2 aromatic heterocycles. The minimum Gasteiger partial charge on any atom is -0.401 e. The number of amides is 1.